The minimum atomic E-state index is -0.419. The molecule has 0 bridgehead atoms. The maximum atomic E-state index is 13.4. The lowest BCUT2D eigenvalue weighted by atomic mass is 10.2. The van der Waals surface area contributed by atoms with Gasteiger partial charge in [0.25, 0.3) is 0 Å². The first-order valence-electron chi connectivity index (χ1n) is 8.77. The summed E-state index contributed by atoms with van der Waals surface area (Å²) in [5.41, 5.74) is 5.22. The number of nitrogens with one attached hydrogen (secondary N) is 2. The molecular weight excluding hydrogens is 398 g/mol. The summed E-state index contributed by atoms with van der Waals surface area (Å²) in [6.45, 7) is 0. The van der Waals surface area contributed by atoms with Crippen LogP contribution in [0.5, 0.6) is 0 Å². The second kappa shape index (κ2) is 12.4. The van der Waals surface area contributed by atoms with Crippen molar-refractivity contribution in [2.75, 3.05) is 11.5 Å². The Morgan fingerprint density at radius 1 is 0.793 bits per heavy atom. The molecule has 29 heavy (non-hydrogen) atoms. The van der Waals surface area contributed by atoms with Gasteiger partial charge in [-0.3, -0.25) is 9.59 Å². The first kappa shape index (κ1) is 22.2. The minimum absolute atomic E-state index is 0.215. The van der Waals surface area contributed by atoms with Gasteiger partial charge in [-0.25, -0.2) is 19.6 Å². The number of amides is 2. The predicted octanol–water partition coefficient (Wildman–Crippen LogP) is 3.08. The maximum Gasteiger partial charge on any atom is 0.240 e. The van der Waals surface area contributed by atoms with Crippen LogP contribution in [0.4, 0.5) is 8.78 Å². The summed E-state index contributed by atoms with van der Waals surface area (Å²) in [4.78, 5) is 23.3. The summed E-state index contributed by atoms with van der Waals surface area (Å²) in [6.07, 6.45) is 2.91. The van der Waals surface area contributed by atoms with Gasteiger partial charge in [-0.1, -0.05) is 36.4 Å². The van der Waals surface area contributed by atoms with Gasteiger partial charge < -0.3 is 0 Å². The number of carbonyl (C=O) groups is 2. The Balaban J connectivity index is 1.56. The zero-order chi connectivity index (χ0) is 20.9. The van der Waals surface area contributed by atoms with E-state index in [-0.39, 0.29) is 35.8 Å². The molecule has 2 aromatic carbocycles. The largest absolute Gasteiger partial charge is 0.273 e. The fraction of sp³-hybridized carbons (Fsp3) is 0.200. The lowest BCUT2D eigenvalue weighted by Gasteiger charge is -2.02. The topological polar surface area (TPSA) is 82.9 Å². The van der Waals surface area contributed by atoms with Gasteiger partial charge in [0.15, 0.2) is 0 Å². The molecule has 6 nitrogen and oxygen atoms in total. The number of halogens is 2. The molecule has 2 aromatic rings. The summed E-state index contributed by atoms with van der Waals surface area (Å²) < 4.78 is 26.8. The normalized spacial score (nSPS) is 11.1. The standard InChI is InChI=1S/C20H20F2N4O2S/c21-17-7-3-1-5-15(17)13-23-25-19(27)9-11-29-12-10-20(28)26-24-14-16-6-2-4-8-18(16)22/h1-8,13-14H,9-12H2,(H,25,27)(H,26,28). The number of nitrogens with zero attached hydrogens (tertiary/aromatic N) is 2. The molecule has 0 aliphatic carbocycles. The Labute approximate surface area is 171 Å². The summed E-state index contributed by atoms with van der Waals surface area (Å²) >= 11 is 1.43. The number of carbonyl (C=O) groups excluding carboxylic acids is 2. The first-order chi connectivity index (χ1) is 14.1. The minimum Gasteiger partial charge on any atom is -0.273 e. The highest BCUT2D eigenvalue weighted by atomic mass is 32.2. The van der Waals surface area contributed by atoms with Crippen molar-refractivity contribution in [1.82, 2.24) is 10.9 Å². The maximum absolute atomic E-state index is 13.4. The number of hydrazone groups is 2. The molecule has 9 heteroatoms. The van der Waals surface area contributed by atoms with Crippen molar-refractivity contribution >= 4 is 36.0 Å². The third-order valence-electron chi connectivity index (χ3n) is 3.54. The van der Waals surface area contributed by atoms with Crippen LogP contribution < -0.4 is 10.9 Å². The molecule has 0 saturated heterocycles. The Morgan fingerprint density at radius 2 is 1.21 bits per heavy atom. The van der Waals surface area contributed by atoms with E-state index in [9.17, 15) is 18.4 Å². The van der Waals surface area contributed by atoms with E-state index < -0.39 is 11.6 Å². The lowest BCUT2D eigenvalue weighted by Crippen LogP contribution is -2.19. The van der Waals surface area contributed by atoms with Gasteiger partial charge in [0.2, 0.25) is 11.8 Å². The fourth-order valence-corrected chi connectivity index (χ4v) is 2.91. The molecule has 2 rings (SSSR count). The molecular formula is C20H20F2N4O2S. The first-order valence-corrected chi connectivity index (χ1v) is 9.92. The van der Waals surface area contributed by atoms with Crippen molar-refractivity contribution in [3.05, 3.63) is 71.3 Å². The van der Waals surface area contributed by atoms with Crippen molar-refractivity contribution in [2.45, 2.75) is 12.8 Å². The zero-order valence-electron chi connectivity index (χ0n) is 15.5. The molecule has 2 N–H and O–H groups in total. The number of rotatable bonds is 10. The number of benzene rings is 2. The van der Waals surface area contributed by atoms with Gasteiger partial charge >= 0.3 is 0 Å². The van der Waals surface area contributed by atoms with E-state index in [1.165, 1.54) is 36.3 Å². The van der Waals surface area contributed by atoms with E-state index >= 15 is 0 Å². The van der Waals surface area contributed by atoms with E-state index in [1.807, 2.05) is 0 Å². The van der Waals surface area contributed by atoms with Gasteiger partial charge in [0, 0.05) is 35.5 Å². The summed E-state index contributed by atoms with van der Waals surface area (Å²) in [6, 6.07) is 12.2. The molecule has 0 aliphatic rings. The van der Waals surface area contributed by atoms with Crippen LogP contribution in [-0.2, 0) is 9.59 Å². The SMILES string of the molecule is O=C(CCSCCC(=O)NN=Cc1ccccc1F)NN=Cc1ccccc1F. The number of thioether (sulfide) groups is 1. The van der Waals surface area contributed by atoms with E-state index in [0.717, 1.165) is 0 Å². The van der Waals surface area contributed by atoms with Crippen LogP contribution in [0.15, 0.2) is 58.7 Å². The Morgan fingerprint density at radius 3 is 1.62 bits per heavy atom. The Hall–Kier alpha value is -3.07. The van der Waals surface area contributed by atoms with Crippen molar-refractivity contribution in [1.29, 1.82) is 0 Å². The van der Waals surface area contributed by atoms with Crippen molar-refractivity contribution in [2.24, 2.45) is 10.2 Å². The lowest BCUT2D eigenvalue weighted by molar-refractivity contribution is -0.121. The van der Waals surface area contributed by atoms with E-state index in [0.29, 0.717) is 11.5 Å². The van der Waals surface area contributed by atoms with Crippen molar-refractivity contribution in [3.63, 3.8) is 0 Å². The van der Waals surface area contributed by atoms with Crippen LogP contribution in [0.3, 0.4) is 0 Å². The van der Waals surface area contributed by atoms with Crippen LogP contribution in [0, 0.1) is 11.6 Å². The average molecular weight is 418 g/mol. The highest BCUT2D eigenvalue weighted by Crippen LogP contribution is 2.06. The molecule has 0 aromatic heterocycles. The molecule has 2 amide bonds. The molecule has 0 heterocycles. The number of hydrogen-bond acceptors (Lipinski definition) is 5. The average Bonchev–Trinajstić information content (AvgIpc) is 2.70. The van der Waals surface area contributed by atoms with Gasteiger partial charge in [0.1, 0.15) is 11.6 Å². The van der Waals surface area contributed by atoms with Gasteiger partial charge in [-0.2, -0.15) is 22.0 Å². The summed E-state index contributed by atoms with van der Waals surface area (Å²) in [5, 5.41) is 7.43. The molecule has 0 unspecified atom stereocenters. The highest BCUT2D eigenvalue weighted by molar-refractivity contribution is 7.99. The van der Waals surface area contributed by atoms with Crippen LogP contribution in [0.1, 0.15) is 24.0 Å². The molecule has 0 fully saturated rings. The van der Waals surface area contributed by atoms with Crippen LogP contribution in [0.25, 0.3) is 0 Å². The predicted molar refractivity (Wildman–Crippen MR) is 111 cm³/mol. The number of hydrogen-bond donors (Lipinski definition) is 2. The van der Waals surface area contributed by atoms with Crippen molar-refractivity contribution in [3.8, 4) is 0 Å². The summed E-state index contributed by atoms with van der Waals surface area (Å²) in [5.74, 6) is -0.428. The highest BCUT2D eigenvalue weighted by Gasteiger charge is 2.03. The molecule has 0 saturated carbocycles. The third kappa shape index (κ3) is 8.65. The quantitative estimate of drug-likeness (QED) is 0.353. The second-order valence-corrected chi connectivity index (χ2v) is 6.97. The van der Waals surface area contributed by atoms with Crippen molar-refractivity contribution < 1.29 is 18.4 Å². The van der Waals surface area contributed by atoms with Gasteiger partial charge in [0.05, 0.1) is 12.4 Å². The summed E-state index contributed by atoms with van der Waals surface area (Å²) in [7, 11) is 0. The molecule has 0 spiro atoms. The van der Waals surface area contributed by atoms with Crippen LogP contribution in [0.2, 0.25) is 0 Å². The molecule has 0 radical (unpaired) electrons. The smallest absolute Gasteiger partial charge is 0.240 e. The zero-order valence-corrected chi connectivity index (χ0v) is 16.3. The fourth-order valence-electron chi connectivity index (χ4n) is 2.05. The third-order valence-corrected chi connectivity index (χ3v) is 4.53. The monoisotopic (exact) mass is 418 g/mol. The van der Waals surface area contributed by atoms with Gasteiger partial charge in [-0.15, -0.1) is 0 Å². The second-order valence-electron chi connectivity index (χ2n) is 5.74. The Kier molecular flexibility index (Phi) is 9.50. The Bertz CT molecular complexity index is 819. The van der Waals surface area contributed by atoms with Gasteiger partial charge in [-0.05, 0) is 12.1 Å². The molecule has 0 atom stereocenters. The van der Waals surface area contributed by atoms with E-state index in [4.69, 9.17) is 0 Å². The molecule has 152 valence electrons. The van der Waals surface area contributed by atoms with Crippen LogP contribution >= 0.6 is 11.8 Å². The molecule has 0 aliphatic heterocycles. The van der Waals surface area contributed by atoms with E-state index in [1.54, 1.807) is 36.4 Å². The van der Waals surface area contributed by atoms with E-state index in [2.05, 4.69) is 21.1 Å². The van der Waals surface area contributed by atoms with Crippen LogP contribution in [-0.4, -0.2) is 35.7 Å².